The maximum absolute atomic E-state index is 12.1. The van der Waals surface area contributed by atoms with Crippen LogP contribution >= 0.6 is 11.3 Å². The number of fused-ring (bicyclic) bond motifs is 2. The van der Waals surface area contributed by atoms with Crippen molar-refractivity contribution in [1.29, 1.82) is 0 Å². The minimum absolute atomic E-state index is 0.169. The fourth-order valence-electron chi connectivity index (χ4n) is 2.21. The van der Waals surface area contributed by atoms with Gasteiger partial charge in [-0.05, 0) is 12.1 Å². The van der Waals surface area contributed by atoms with E-state index in [1.807, 2.05) is 41.1 Å². The second-order valence-corrected chi connectivity index (χ2v) is 5.10. The molecule has 0 aliphatic heterocycles. The Kier molecular flexibility index (Phi) is 2.10. The van der Waals surface area contributed by atoms with Crippen LogP contribution in [0.1, 0.15) is 0 Å². The van der Waals surface area contributed by atoms with Gasteiger partial charge in [-0.2, -0.15) is 0 Å². The van der Waals surface area contributed by atoms with Crippen molar-refractivity contribution < 1.29 is 0 Å². The first-order chi connectivity index (χ1) is 9.31. The van der Waals surface area contributed by atoms with Crippen molar-refractivity contribution in [3.05, 3.63) is 51.4 Å². The molecule has 2 N–H and O–H groups in total. The summed E-state index contributed by atoms with van der Waals surface area (Å²) in [6.45, 7) is 0. The Morgan fingerprint density at radius 1 is 1.05 bits per heavy atom. The van der Waals surface area contributed by atoms with Gasteiger partial charge in [0.15, 0.2) is 5.69 Å². The summed E-state index contributed by atoms with van der Waals surface area (Å²) in [4.78, 5) is 22.6. The number of rotatable bonds is 1. The van der Waals surface area contributed by atoms with Gasteiger partial charge in [-0.25, -0.2) is 4.98 Å². The third kappa shape index (κ3) is 1.59. The minimum atomic E-state index is -0.169. The number of hydrogen-bond donors (Lipinski definition) is 2. The number of nitrogens with one attached hydrogen (secondary N) is 2. The van der Waals surface area contributed by atoms with E-state index in [9.17, 15) is 4.79 Å². The second-order valence-electron chi connectivity index (χ2n) is 4.36. The molecule has 92 valence electrons. The molecule has 0 unspecified atom stereocenters. The van der Waals surface area contributed by atoms with E-state index in [-0.39, 0.29) is 5.56 Å². The van der Waals surface area contributed by atoms with Crippen molar-refractivity contribution in [3.8, 4) is 11.4 Å². The standard InChI is InChI=1S/C14H9N3OS/c18-14-13(16-11-6-19-7-12(11)17-14)10-5-8-3-1-2-4-9(8)15-10/h1-7,15H,(H,17,18). The summed E-state index contributed by atoms with van der Waals surface area (Å²) in [5.41, 5.74) is 3.62. The summed E-state index contributed by atoms with van der Waals surface area (Å²) in [5, 5.41) is 4.89. The van der Waals surface area contributed by atoms with Crippen LogP contribution in [0.3, 0.4) is 0 Å². The van der Waals surface area contributed by atoms with Gasteiger partial charge in [-0.15, -0.1) is 11.3 Å². The molecule has 0 aliphatic carbocycles. The highest BCUT2D eigenvalue weighted by Gasteiger charge is 2.10. The van der Waals surface area contributed by atoms with Gasteiger partial charge in [-0.3, -0.25) is 4.79 Å². The molecule has 0 radical (unpaired) electrons. The molecule has 3 heterocycles. The van der Waals surface area contributed by atoms with Crippen LogP contribution in [0.25, 0.3) is 33.3 Å². The number of aromatic amines is 2. The largest absolute Gasteiger partial charge is 0.353 e. The van der Waals surface area contributed by atoms with Crippen LogP contribution in [-0.2, 0) is 0 Å². The average molecular weight is 267 g/mol. The lowest BCUT2D eigenvalue weighted by Gasteiger charge is -1.96. The first-order valence-corrected chi connectivity index (χ1v) is 6.80. The monoisotopic (exact) mass is 267 g/mol. The van der Waals surface area contributed by atoms with E-state index in [4.69, 9.17) is 0 Å². The highest BCUT2D eigenvalue weighted by atomic mass is 32.1. The van der Waals surface area contributed by atoms with Gasteiger partial charge in [0, 0.05) is 21.7 Å². The molecule has 0 saturated carbocycles. The highest BCUT2D eigenvalue weighted by molar-refractivity contribution is 7.09. The zero-order valence-corrected chi connectivity index (χ0v) is 10.6. The highest BCUT2D eigenvalue weighted by Crippen LogP contribution is 2.22. The first-order valence-electron chi connectivity index (χ1n) is 5.85. The molecule has 0 fully saturated rings. The fourth-order valence-corrected chi connectivity index (χ4v) is 2.90. The number of aromatic nitrogens is 3. The van der Waals surface area contributed by atoms with E-state index >= 15 is 0 Å². The molecular formula is C14H9N3OS. The van der Waals surface area contributed by atoms with Gasteiger partial charge in [0.2, 0.25) is 0 Å². The Hall–Kier alpha value is -2.40. The predicted molar refractivity (Wildman–Crippen MR) is 77.5 cm³/mol. The molecule has 19 heavy (non-hydrogen) atoms. The van der Waals surface area contributed by atoms with Crippen LogP contribution in [0.2, 0.25) is 0 Å². The third-order valence-electron chi connectivity index (χ3n) is 3.12. The van der Waals surface area contributed by atoms with E-state index in [0.717, 1.165) is 27.6 Å². The lowest BCUT2D eigenvalue weighted by Crippen LogP contribution is -2.10. The molecule has 0 saturated heterocycles. The smallest absolute Gasteiger partial charge is 0.276 e. The molecule has 0 amide bonds. The van der Waals surface area contributed by atoms with Crippen LogP contribution in [0.5, 0.6) is 0 Å². The molecule has 4 nitrogen and oxygen atoms in total. The topological polar surface area (TPSA) is 61.5 Å². The van der Waals surface area contributed by atoms with Crippen molar-refractivity contribution in [3.63, 3.8) is 0 Å². The molecule has 1 aromatic carbocycles. The van der Waals surface area contributed by atoms with E-state index in [1.54, 1.807) is 0 Å². The minimum Gasteiger partial charge on any atom is -0.353 e. The molecule has 4 aromatic rings. The summed E-state index contributed by atoms with van der Waals surface area (Å²) in [7, 11) is 0. The number of nitrogens with zero attached hydrogens (tertiary/aromatic N) is 1. The zero-order valence-electron chi connectivity index (χ0n) is 9.81. The van der Waals surface area contributed by atoms with E-state index in [1.165, 1.54) is 11.3 Å². The summed E-state index contributed by atoms with van der Waals surface area (Å²) in [6, 6.07) is 9.87. The van der Waals surface area contributed by atoms with Crippen molar-refractivity contribution in [2.45, 2.75) is 0 Å². The lowest BCUT2D eigenvalue weighted by atomic mass is 10.2. The first kappa shape index (κ1) is 10.5. The summed E-state index contributed by atoms with van der Waals surface area (Å²) in [5.74, 6) is 0. The number of thiophene rings is 1. The van der Waals surface area contributed by atoms with Crippen molar-refractivity contribution in [2.24, 2.45) is 0 Å². The molecule has 0 aliphatic rings. The van der Waals surface area contributed by atoms with E-state index < -0.39 is 0 Å². The molecule has 0 spiro atoms. The van der Waals surface area contributed by atoms with Gasteiger partial charge in [0.05, 0.1) is 16.7 Å². The van der Waals surface area contributed by atoms with Crippen LogP contribution in [0, 0.1) is 0 Å². The SMILES string of the molecule is O=c1[nH]c2cscc2nc1-c1cc2ccccc2[nH]1. The lowest BCUT2D eigenvalue weighted by molar-refractivity contribution is 1.21. The van der Waals surface area contributed by atoms with Gasteiger partial charge in [0.1, 0.15) is 0 Å². The van der Waals surface area contributed by atoms with E-state index in [0.29, 0.717) is 5.69 Å². The molecule has 3 aromatic heterocycles. The molecule has 0 bridgehead atoms. The maximum Gasteiger partial charge on any atom is 0.276 e. The van der Waals surface area contributed by atoms with Crippen molar-refractivity contribution >= 4 is 33.3 Å². The Balaban J connectivity index is 2.02. The normalized spacial score (nSPS) is 11.4. The van der Waals surface area contributed by atoms with Crippen LogP contribution in [0.15, 0.2) is 45.9 Å². The molecule has 0 atom stereocenters. The zero-order chi connectivity index (χ0) is 12.8. The Bertz CT molecular complexity index is 915. The van der Waals surface area contributed by atoms with Crippen LogP contribution in [0.4, 0.5) is 0 Å². The second kappa shape index (κ2) is 3.80. The third-order valence-corrected chi connectivity index (χ3v) is 3.85. The van der Waals surface area contributed by atoms with Gasteiger partial charge in [-0.1, -0.05) is 18.2 Å². The van der Waals surface area contributed by atoms with Gasteiger partial charge >= 0.3 is 0 Å². The number of benzene rings is 1. The number of H-pyrrole nitrogens is 2. The maximum atomic E-state index is 12.1. The molecular weight excluding hydrogens is 258 g/mol. The molecule has 5 heteroatoms. The summed E-state index contributed by atoms with van der Waals surface area (Å²) in [6.07, 6.45) is 0. The van der Waals surface area contributed by atoms with Gasteiger partial charge < -0.3 is 9.97 Å². The van der Waals surface area contributed by atoms with E-state index in [2.05, 4.69) is 15.0 Å². The molecule has 4 rings (SSSR count). The average Bonchev–Trinajstić information content (AvgIpc) is 3.02. The van der Waals surface area contributed by atoms with Crippen molar-refractivity contribution in [1.82, 2.24) is 15.0 Å². The van der Waals surface area contributed by atoms with Crippen LogP contribution < -0.4 is 5.56 Å². The fraction of sp³-hybridized carbons (Fsp3) is 0. The summed E-state index contributed by atoms with van der Waals surface area (Å²) < 4.78 is 0. The number of para-hydroxylation sites is 1. The van der Waals surface area contributed by atoms with Gasteiger partial charge in [0.25, 0.3) is 5.56 Å². The Labute approximate surface area is 111 Å². The quantitative estimate of drug-likeness (QED) is 0.556. The Morgan fingerprint density at radius 2 is 1.95 bits per heavy atom. The van der Waals surface area contributed by atoms with Crippen LogP contribution in [-0.4, -0.2) is 15.0 Å². The van der Waals surface area contributed by atoms with Crippen molar-refractivity contribution in [2.75, 3.05) is 0 Å². The number of hydrogen-bond acceptors (Lipinski definition) is 3. The summed E-state index contributed by atoms with van der Waals surface area (Å²) >= 11 is 1.53. The predicted octanol–water partition coefficient (Wildman–Crippen LogP) is 3.13. The Morgan fingerprint density at radius 3 is 2.84 bits per heavy atom.